The number of hydrogen-bond donors (Lipinski definition) is 0. The molecular weight excluding hydrogens is 337 g/mol. The fraction of sp³-hybridized carbons (Fsp3) is 0.208. The molecule has 1 aromatic heterocycles. The van der Waals surface area contributed by atoms with Crippen LogP contribution in [0.2, 0.25) is 0 Å². The molecule has 1 heterocycles. The molecule has 27 heavy (non-hydrogen) atoms. The van der Waals surface area contributed by atoms with E-state index < -0.39 is 0 Å². The third-order valence-corrected chi connectivity index (χ3v) is 5.13. The van der Waals surface area contributed by atoms with Gasteiger partial charge in [0, 0.05) is 29.3 Å². The van der Waals surface area contributed by atoms with Gasteiger partial charge < -0.3 is 4.57 Å². The highest BCUT2D eigenvalue weighted by Crippen LogP contribution is 2.28. The molecule has 3 heteroatoms. The average molecular weight is 359 g/mol. The van der Waals surface area contributed by atoms with Crippen molar-refractivity contribution in [2.24, 2.45) is 0 Å². The van der Waals surface area contributed by atoms with E-state index in [1.807, 2.05) is 53.2 Å². The highest BCUT2D eigenvalue weighted by molar-refractivity contribution is 6.21. The van der Waals surface area contributed by atoms with Gasteiger partial charge >= 0.3 is 0 Å². The van der Waals surface area contributed by atoms with Crippen molar-refractivity contribution in [3.05, 3.63) is 83.8 Å². The molecule has 0 aliphatic heterocycles. The normalized spacial score (nSPS) is 11.3. The minimum atomic E-state index is -0.276. The minimum absolute atomic E-state index is 0.0161. The fourth-order valence-corrected chi connectivity index (χ4v) is 3.73. The number of ketones is 1. The summed E-state index contributed by atoms with van der Waals surface area (Å²) < 4.78 is 15.9. The summed E-state index contributed by atoms with van der Waals surface area (Å²) in [5.41, 5.74) is 2.11. The summed E-state index contributed by atoms with van der Waals surface area (Å²) in [6.45, 7) is 2.94. The molecule has 0 aliphatic rings. The zero-order valence-electron chi connectivity index (χ0n) is 15.4. The summed E-state index contributed by atoms with van der Waals surface area (Å²) in [4.78, 5) is 13.4. The van der Waals surface area contributed by atoms with E-state index >= 15 is 0 Å². The zero-order chi connectivity index (χ0) is 18.8. The van der Waals surface area contributed by atoms with E-state index in [0.29, 0.717) is 11.1 Å². The van der Waals surface area contributed by atoms with Crippen molar-refractivity contribution < 1.29 is 9.18 Å². The molecule has 0 amide bonds. The van der Waals surface area contributed by atoms with Crippen molar-refractivity contribution in [3.8, 4) is 0 Å². The predicted molar refractivity (Wildman–Crippen MR) is 109 cm³/mol. The lowest BCUT2D eigenvalue weighted by atomic mass is 9.97. The van der Waals surface area contributed by atoms with E-state index in [4.69, 9.17) is 0 Å². The molecule has 0 aliphatic carbocycles. The maximum Gasteiger partial charge on any atom is 0.195 e. The molecule has 0 bridgehead atoms. The summed E-state index contributed by atoms with van der Waals surface area (Å²) >= 11 is 0. The molecule has 4 rings (SSSR count). The van der Waals surface area contributed by atoms with E-state index in [-0.39, 0.29) is 11.6 Å². The maximum absolute atomic E-state index is 13.8. The van der Waals surface area contributed by atoms with Crippen LogP contribution >= 0.6 is 0 Å². The summed E-state index contributed by atoms with van der Waals surface area (Å²) in [6.07, 6.45) is 5.14. The number of nitrogens with zero attached hydrogens (tertiary/aromatic N) is 1. The van der Waals surface area contributed by atoms with Gasteiger partial charge in [-0.05, 0) is 35.4 Å². The molecular formula is C24H22FNO. The van der Waals surface area contributed by atoms with Gasteiger partial charge in [0.05, 0.1) is 5.52 Å². The van der Waals surface area contributed by atoms with Crippen LogP contribution in [-0.2, 0) is 6.54 Å². The third-order valence-electron chi connectivity index (χ3n) is 5.13. The Hall–Kier alpha value is -2.94. The second-order valence-electron chi connectivity index (χ2n) is 6.96. The van der Waals surface area contributed by atoms with Crippen LogP contribution in [0.15, 0.2) is 66.9 Å². The SMILES string of the molecule is CCCCCn1cc(C(=O)c2cccc3ccccc23)c2ccc(F)cc21. The van der Waals surface area contributed by atoms with Crippen LogP contribution in [0, 0.1) is 5.82 Å². The van der Waals surface area contributed by atoms with Crippen LogP contribution in [-0.4, -0.2) is 10.4 Å². The Morgan fingerprint density at radius 1 is 0.926 bits per heavy atom. The Balaban J connectivity index is 1.84. The highest BCUT2D eigenvalue weighted by Gasteiger charge is 2.19. The van der Waals surface area contributed by atoms with E-state index in [1.54, 1.807) is 6.07 Å². The second kappa shape index (κ2) is 7.36. The van der Waals surface area contributed by atoms with E-state index in [1.165, 1.54) is 12.1 Å². The molecule has 0 unspecified atom stereocenters. The second-order valence-corrected chi connectivity index (χ2v) is 6.96. The molecule has 0 N–H and O–H groups in total. The first-order chi connectivity index (χ1) is 13.2. The Labute approximate surface area is 158 Å². The van der Waals surface area contributed by atoms with Gasteiger partial charge in [-0.1, -0.05) is 62.2 Å². The standard InChI is InChI=1S/C24H22FNO/c1-2-3-6-14-26-16-22(20-13-12-18(25)15-23(20)26)24(27)21-11-7-9-17-8-4-5-10-19(17)21/h4-5,7-13,15-16H,2-3,6,14H2,1H3. The number of aromatic nitrogens is 1. The van der Waals surface area contributed by atoms with E-state index in [0.717, 1.165) is 47.5 Å². The van der Waals surface area contributed by atoms with Gasteiger partial charge in [0.2, 0.25) is 0 Å². The Morgan fingerprint density at radius 3 is 2.59 bits per heavy atom. The number of rotatable bonds is 6. The lowest BCUT2D eigenvalue weighted by Crippen LogP contribution is -2.02. The lowest BCUT2D eigenvalue weighted by Gasteiger charge is -2.05. The van der Waals surface area contributed by atoms with Gasteiger partial charge in [0.25, 0.3) is 0 Å². The molecule has 136 valence electrons. The summed E-state index contributed by atoms with van der Waals surface area (Å²) in [5, 5.41) is 2.80. The monoisotopic (exact) mass is 359 g/mol. The number of unbranched alkanes of at least 4 members (excludes halogenated alkanes) is 2. The van der Waals surface area contributed by atoms with Crippen LogP contribution in [0.4, 0.5) is 4.39 Å². The van der Waals surface area contributed by atoms with Crippen molar-refractivity contribution in [3.63, 3.8) is 0 Å². The third kappa shape index (κ3) is 3.25. The number of aryl methyl sites for hydroxylation is 1. The van der Waals surface area contributed by atoms with Crippen LogP contribution in [0.3, 0.4) is 0 Å². The number of halogens is 1. The first-order valence-electron chi connectivity index (χ1n) is 9.50. The van der Waals surface area contributed by atoms with Gasteiger partial charge in [-0.15, -0.1) is 0 Å². The van der Waals surface area contributed by atoms with Crippen molar-refractivity contribution >= 4 is 27.5 Å². The van der Waals surface area contributed by atoms with Crippen LogP contribution < -0.4 is 0 Å². The number of benzene rings is 3. The van der Waals surface area contributed by atoms with Gasteiger partial charge in [0.1, 0.15) is 5.82 Å². The molecule has 0 fully saturated rings. The highest BCUT2D eigenvalue weighted by atomic mass is 19.1. The minimum Gasteiger partial charge on any atom is -0.347 e. The van der Waals surface area contributed by atoms with E-state index in [9.17, 15) is 9.18 Å². The first kappa shape index (κ1) is 17.5. The molecule has 3 aromatic carbocycles. The molecule has 0 atom stereocenters. The van der Waals surface area contributed by atoms with Gasteiger partial charge in [-0.3, -0.25) is 4.79 Å². The van der Waals surface area contributed by atoms with Crippen LogP contribution in [0.1, 0.15) is 42.1 Å². The molecule has 0 spiro atoms. The molecule has 0 radical (unpaired) electrons. The lowest BCUT2D eigenvalue weighted by molar-refractivity contribution is 0.104. The first-order valence-corrected chi connectivity index (χ1v) is 9.50. The predicted octanol–water partition coefficient (Wildman–Crippen LogP) is 6.35. The molecule has 0 saturated heterocycles. The molecule has 4 aromatic rings. The average Bonchev–Trinajstić information content (AvgIpc) is 3.05. The summed E-state index contributed by atoms with van der Waals surface area (Å²) in [6, 6.07) is 18.4. The van der Waals surface area contributed by atoms with Crippen LogP contribution in [0.25, 0.3) is 21.7 Å². The molecule has 0 saturated carbocycles. The van der Waals surface area contributed by atoms with Crippen molar-refractivity contribution in [2.45, 2.75) is 32.7 Å². The molecule has 2 nitrogen and oxygen atoms in total. The van der Waals surface area contributed by atoms with Gasteiger partial charge in [-0.25, -0.2) is 4.39 Å². The Kier molecular flexibility index (Phi) is 4.76. The van der Waals surface area contributed by atoms with Crippen molar-refractivity contribution in [1.82, 2.24) is 4.57 Å². The summed E-state index contributed by atoms with van der Waals surface area (Å²) in [5.74, 6) is -0.292. The smallest absolute Gasteiger partial charge is 0.195 e. The van der Waals surface area contributed by atoms with Crippen LogP contribution in [0.5, 0.6) is 0 Å². The van der Waals surface area contributed by atoms with Gasteiger partial charge in [0.15, 0.2) is 5.78 Å². The fourth-order valence-electron chi connectivity index (χ4n) is 3.73. The van der Waals surface area contributed by atoms with E-state index in [2.05, 4.69) is 6.92 Å². The van der Waals surface area contributed by atoms with Gasteiger partial charge in [-0.2, -0.15) is 0 Å². The summed E-state index contributed by atoms with van der Waals surface area (Å²) in [7, 11) is 0. The number of carbonyl (C=O) groups excluding carboxylic acids is 1. The zero-order valence-corrected chi connectivity index (χ0v) is 15.4. The maximum atomic E-state index is 13.8. The van der Waals surface area contributed by atoms with Crippen molar-refractivity contribution in [2.75, 3.05) is 0 Å². The van der Waals surface area contributed by atoms with Crippen molar-refractivity contribution in [1.29, 1.82) is 0 Å². The topological polar surface area (TPSA) is 22.0 Å². The Bertz CT molecular complexity index is 1120. The Morgan fingerprint density at radius 2 is 1.74 bits per heavy atom. The number of carbonyl (C=O) groups is 1. The largest absolute Gasteiger partial charge is 0.347 e. The number of fused-ring (bicyclic) bond motifs is 2. The quantitative estimate of drug-likeness (QED) is 0.290. The number of hydrogen-bond acceptors (Lipinski definition) is 1.